The molecule has 0 aliphatic rings. The van der Waals surface area contributed by atoms with E-state index in [0.717, 1.165) is 13.1 Å². The first-order valence-electron chi connectivity index (χ1n) is 6.34. The fourth-order valence-corrected chi connectivity index (χ4v) is 1.65. The number of carbonyl (C=O) groups is 1. The second-order valence-electron chi connectivity index (χ2n) is 5.62. The molecule has 1 rings (SSSR count). The number of ketones is 1. The first kappa shape index (κ1) is 14.7. The van der Waals surface area contributed by atoms with Gasteiger partial charge in [-0.1, -0.05) is 57.2 Å². The highest BCUT2D eigenvalue weighted by molar-refractivity contribution is 5.85. The van der Waals surface area contributed by atoms with Crippen molar-refractivity contribution in [2.24, 2.45) is 5.41 Å². The minimum Gasteiger partial charge on any atom is -0.298 e. The molecule has 0 atom stereocenters. The molecule has 0 bridgehead atoms. The molecule has 2 nitrogen and oxygen atoms in total. The largest absolute Gasteiger partial charge is 0.298 e. The Hall–Kier alpha value is -1.41. The molecule has 2 heteroatoms. The van der Waals surface area contributed by atoms with Crippen molar-refractivity contribution < 1.29 is 4.79 Å². The Kier molecular flexibility index (Phi) is 5.29. The normalized spacial score (nSPS) is 11.6. The molecule has 0 heterocycles. The zero-order chi connectivity index (χ0) is 13.6. The van der Waals surface area contributed by atoms with Crippen molar-refractivity contribution in [3.8, 4) is 0 Å². The van der Waals surface area contributed by atoms with Crippen LogP contribution in [0.1, 0.15) is 26.3 Å². The molecule has 1 aromatic carbocycles. The van der Waals surface area contributed by atoms with Gasteiger partial charge in [0, 0.05) is 18.5 Å². The SMILES string of the molecule is C=CCN(CC(=O)C(C)(C)C)Cc1ccccc1. The standard InChI is InChI=1S/C16H23NO/c1-5-11-17(13-15(18)16(2,3)4)12-14-9-7-6-8-10-14/h5-10H,1,11-13H2,2-4H3. The Morgan fingerprint density at radius 1 is 1.28 bits per heavy atom. The van der Waals surface area contributed by atoms with E-state index in [0.29, 0.717) is 6.54 Å². The first-order chi connectivity index (χ1) is 8.43. The van der Waals surface area contributed by atoms with Crippen LogP contribution in [0.15, 0.2) is 43.0 Å². The van der Waals surface area contributed by atoms with Crippen molar-refractivity contribution in [2.45, 2.75) is 27.3 Å². The van der Waals surface area contributed by atoms with Gasteiger partial charge in [0.25, 0.3) is 0 Å². The molecule has 0 aliphatic heterocycles. The van der Waals surface area contributed by atoms with Crippen LogP contribution in [0.5, 0.6) is 0 Å². The molecule has 0 radical (unpaired) electrons. The molecule has 1 aromatic rings. The summed E-state index contributed by atoms with van der Waals surface area (Å²) in [5.74, 6) is 0.264. The van der Waals surface area contributed by atoms with E-state index in [1.807, 2.05) is 45.0 Å². The van der Waals surface area contributed by atoms with E-state index in [-0.39, 0.29) is 11.2 Å². The van der Waals surface area contributed by atoms with E-state index in [1.165, 1.54) is 5.56 Å². The van der Waals surface area contributed by atoms with Gasteiger partial charge >= 0.3 is 0 Å². The molecular formula is C16H23NO. The van der Waals surface area contributed by atoms with E-state index in [2.05, 4.69) is 23.6 Å². The second-order valence-corrected chi connectivity index (χ2v) is 5.62. The fourth-order valence-electron chi connectivity index (χ4n) is 1.65. The van der Waals surface area contributed by atoms with Crippen LogP contribution < -0.4 is 0 Å². The van der Waals surface area contributed by atoms with Gasteiger partial charge in [0.05, 0.1) is 6.54 Å². The molecule has 18 heavy (non-hydrogen) atoms. The summed E-state index contributed by atoms with van der Waals surface area (Å²) in [6.07, 6.45) is 1.85. The lowest BCUT2D eigenvalue weighted by molar-refractivity contribution is -0.127. The van der Waals surface area contributed by atoms with Crippen LogP contribution in [0, 0.1) is 5.41 Å². The smallest absolute Gasteiger partial charge is 0.152 e. The number of carbonyl (C=O) groups excluding carboxylic acids is 1. The van der Waals surface area contributed by atoms with Crippen LogP contribution >= 0.6 is 0 Å². The molecule has 0 spiro atoms. The maximum absolute atomic E-state index is 12.1. The maximum atomic E-state index is 12.1. The summed E-state index contributed by atoms with van der Waals surface area (Å²) in [4.78, 5) is 14.2. The van der Waals surface area contributed by atoms with Gasteiger partial charge in [-0.3, -0.25) is 9.69 Å². The summed E-state index contributed by atoms with van der Waals surface area (Å²) in [5.41, 5.74) is 0.942. The van der Waals surface area contributed by atoms with Crippen molar-refractivity contribution in [1.29, 1.82) is 0 Å². The molecule has 0 fully saturated rings. The van der Waals surface area contributed by atoms with E-state index in [9.17, 15) is 4.79 Å². The van der Waals surface area contributed by atoms with Gasteiger partial charge < -0.3 is 0 Å². The predicted molar refractivity (Wildman–Crippen MR) is 76.4 cm³/mol. The molecular weight excluding hydrogens is 222 g/mol. The van der Waals surface area contributed by atoms with Crippen molar-refractivity contribution in [1.82, 2.24) is 4.90 Å². The van der Waals surface area contributed by atoms with Crippen LogP contribution in [0.4, 0.5) is 0 Å². The average Bonchev–Trinajstić information content (AvgIpc) is 2.29. The van der Waals surface area contributed by atoms with Gasteiger partial charge in [-0.25, -0.2) is 0 Å². The maximum Gasteiger partial charge on any atom is 0.152 e. The van der Waals surface area contributed by atoms with Gasteiger partial charge in [-0.2, -0.15) is 0 Å². The number of hydrogen-bond acceptors (Lipinski definition) is 2. The van der Waals surface area contributed by atoms with Crippen LogP contribution in [0.3, 0.4) is 0 Å². The summed E-state index contributed by atoms with van der Waals surface area (Å²) >= 11 is 0. The van der Waals surface area contributed by atoms with Crippen LogP contribution in [-0.2, 0) is 11.3 Å². The third kappa shape index (κ3) is 4.84. The number of rotatable bonds is 6. The molecule has 98 valence electrons. The molecule has 0 amide bonds. The summed E-state index contributed by atoms with van der Waals surface area (Å²) in [6, 6.07) is 10.2. The number of benzene rings is 1. The Labute approximate surface area is 110 Å². The summed E-state index contributed by atoms with van der Waals surface area (Å²) in [5, 5.41) is 0. The van der Waals surface area contributed by atoms with Gasteiger partial charge in [-0.05, 0) is 5.56 Å². The lowest BCUT2D eigenvalue weighted by Crippen LogP contribution is -2.35. The van der Waals surface area contributed by atoms with E-state index in [4.69, 9.17) is 0 Å². The highest BCUT2D eigenvalue weighted by atomic mass is 16.1. The Morgan fingerprint density at radius 3 is 2.39 bits per heavy atom. The molecule has 0 aliphatic carbocycles. The lowest BCUT2D eigenvalue weighted by Gasteiger charge is -2.24. The highest BCUT2D eigenvalue weighted by Gasteiger charge is 2.23. The van der Waals surface area contributed by atoms with Crippen LogP contribution in [0.25, 0.3) is 0 Å². The van der Waals surface area contributed by atoms with Gasteiger partial charge in [-0.15, -0.1) is 6.58 Å². The third-order valence-corrected chi connectivity index (χ3v) is 2.84. The number of nitrogens with zero attached hydrogens (tertiary/aromatic N) is 1. The fraction of sp³-hybridized carbons (Fsp3) is 0.438. The monoisotopic (exact) mass is 245 g/mol. The molecule has 0 saturated carbocycles. The quantitative estimate of drug-likeness (QED) is 0.717. The Morgan fingerprint density at radius 2 is 1.89 bits per heavy atom. The molecule has 0 N–H and O–H groups in total. The summed E-state index contributed by atoms with van der Waals surface area (Å²) < 4.78 is 0. The first-order valence-corrected chi connectivity index (χ1v) is 6.34. The van der Waals surface area contributed by atoms with E-state index < -0.39 is 0 Å². The number of Topliss-reactive ketones (excluding diaryl/α,β-unsaturated/α-hetero) is 1. The van der Waals surface area contributed by atoms with Gasteiger partial charge in [0.2, 0.25) is 0 Å². The second kappa shape index (κ2) is 6.50. The van der Waals surface area contributed by atoms with Crippen molar-refractivity contribution in [2.75, 3.05) is 13.1 Å². The third-order valence-electron chi connectivity index (χ3n) is 2.84. The minimum absolute atomic E-state index is 0.264. The summed E-state index contributed by atoms with van der Waals surface area (Å²) in [6.45, 7) is 11.6. The van der Waals surface area contributed by atoms with Crippen molar-refractivity contribution in [3.63, 3.8) is 0 Å². The topological polar surface area (TPSA) is 20.3 Å². The minimum atomic E-state index is -0.282. The van der Waals surface area contributed by atoms with Crippen molar-refractivity contribution >= 4 is 5.78 Å². The highest BCUT2D eigenvalue weighted by Crippen LogP contribution is 2.16. The molecule has 0 aromatic heterocycles. The van der Waals surface area contributed by atoms with Gasteiger partial charge in [0.1, 0.15) is 0 Å². The zero-order valence-electron chi connectivity index (χ0n) is 11.6. The number of hydrogen-bond donors (Lipinski definition) is 0. The predicted octanol–water partition coefficient (Wildman–Crippen LogP) is 3.29. The van der Waals surface area contributed by atoms with E-state index in [1.54, 1.807) is 0 Å². The van der Waals surface area contributed by atoms with Gasteiger partial charge in [0.15, 0.2) is 5.78 Å². The lowest BCUT2D eigenvalue weighted by atomic mass is 9.90. The zero-order valence-corrected chi connectivity index (χ0v) is 11.6. The Balaban J connectivity index is 2.66. The van der Waals surface area contributed by atoms with Crippen LogP contribution in [0.2, 0.25) is 0 Å². The Bertz CT molecular complexity index is 389. The molecule has 0 unspecified atom stereocenters. The molecule has 0 saturated heterocycles. The van der Waals surface area contributed by atoms with Crippen molar-refractivity contribution in [3.05, 3.63) is 48.6 Å². The van der Waals surface area contributed by atoms with E-state index >= 15 is 0 Å². The average molecular weight is 245 g/mol. The van der Waals surface area contributed by atoms with Crippen LogP contribution in [-0.4, -0.2) is 23.8 Å². The summed E-state index contributed by atoms with van der Waals surface area (Å²) in [7, 11) is 0.